The molecule has 0 unspecified atom stereocenters. The average molecular weight is 300 g/mol. The van der Waals surface area contributed by atoms with Gasteiger partial charge < -0.3 is 10.1 Å². The smallest absolute Gasteiger partial charge is 0.258 e. The Morgan fingerprint density at radius 1 is 0.783 bits per heavy atom. The molecule has 0 saturated carbocycles. The SMILES string of the molecule is BN1C(=O)C2=C(c3ccccc3)NC(=O)C2=C1c1ccccc1. The van der Waals surface area contributed by atoms with Crippen LogP contribution in [0.25, 0.3) is 11.4 Å². The van der Waals surface area contributed by atoms with Crippen LogP contribution in [-0.4, -0.2) is 24.6 Å². The Kier molecular flexibility index (Phi) is 2.94. The zero-order valence-corrected chi connectivity index (χ0v) is 12.5. The van der Waals surface area contributed by atoms with Crippen LogP contribution in [0.4, 0.5) is 0 Å². The first kappa shape index (κ1) is 13.6. The average Bonchev–Trinajstić information content (AvgIpc) is 3.06. The van der Waals surface area contributed by atoms with E-state index >= 15 is 0 Å². The summed E-state index contributed by atoms with van der Waals surface area (Å²) >= 11 is 0. The second-order valence-corrected chi connectivity index (χ2v) is 5.52. The van der Waals surface area contributed by atoms with Gasteiger partial charge >= 0.3 is 0 Å². The molecule has 1 N–H and O–H groups in total. The van der Waals surface area contributed by atoms with E-state index in [1.54, 1.807) is 12.8 Å². The van der Waals surface area contributed by atoms with E-state index in [1.165, 1.54) is 0 Å². The van der Waals surface area contributed by atoms with Gasteiger partial charge in [-0.3, -0.25) is 9.59 Å². The summed E-state index contributed by atoms with van der Waals surface area (Å²) in [6.07, 6.45) is 0. The van der Waals surface area contributed by atoms with E-state index in [2.05, 4.69) is 5.32 Å². The van der Waals surface area contributed by atoms with Crippen molar-refractivity contribution >= 4 is 31.2 Å². The zero-order valence-electron chi connectivity index (χ0n) is 12.5. The normalized spacial score (nSPS) is 17.0. The van der Waals surface area contributed by atoms with Gasteiger partial charge in [-0.25, -0.2) is 0 Å². The maximum absolute atomic E-state index is 12.7. The van der Waals surface area contributed by atoms with Gasteiger partial charge in [0, 0.05) is 0 Å². The summed E-state index contributed by atoms with van der Waals surface area (Å²) < 4.78 is 0. The van der Waals surface area contributed by atoms with Gasteiger partial charge in [0.05, 0.1) is 22.5 Å². The van der Waals surface area contributed by atoms with E-state index in [4.69, 9.17) is 0 Å². The lowest BCUT2D eigenvalue weighted by molar-refractivity contribution is -0.120. The van der Waals surface area contributed by atoms with Crippen LogP contribution in [0.1, 0.15) is 11.1 Å². The largest absolute Gasteiger partial charge is 0.360 e. The standard InChI is InChI=1S/C18H13BN2O2/c19-21-16(12-9-5-2-6-10-12)14-13(18(21)23)15(20-17(14)22)11-7-3-1-4-8-11/h1-10H,19H2,(H,20,22). The Hall–Kier alpha value is -3.08. The molecule has 2 aliphatic rings. The van der Waals surface area contributed by atoms with Crippen molar-refractivity contribution in [1.29, 1.82) is 0 Å². The fourth-order valence-corrected chi connectivity index (χ4v) is 3.11. The summed E-state index contributed by atoms with van der Waals surface area (Å²) in [5.74, 6) is -0.383. The molecule has 0 atom stereocenters. The molecule has 5 heteroatoms. The van der Waals surface area contributed by atoms with Crippen LogP contribution in [0.3, 0.4) is 0 Å². The number of fused-ring (bicyclic) bond motifs is 1. The molecule has 0 aliphatic carbocycles. The van der Waals surface area contributed by atoms with E-state index < -0.39 is 0 Å². The number of carbonyl (C=O) groups is 2. The molecule has 2 aromatic carbocycles. The molecular weight excluding hydrogens is 287 g/mol. The third kappa shape index (κ3) is 1.94. The molecule has 23 heavy (non-hydrogen) atoms. The minimum atomic E-state index is -0.226. The summed E-state index contributed by atoms with van der Waals surface area (Å²) in [6, 6.07) is 19.0. The number of benzene rings is 2. The fraction of sp³-hybridized carbons (Fsp3) is 0. The fourth-order valence-electron chi connectivity index (χ4n) is 3.11. The molecule has 0 fully saturated rings. The van der Waals surface area contributed by atoms with E-state index in [-0.39, 0.29) is 11.8 Å². The van der Waals surface area contributed by atoms with Crippen molar-refractivity contribution in [2.75, 3.05) is 0 Å². The summed E-state index contributed by atoms with van der Waals surface area (Å²) in [5, 5.41) is 2.86. The number of nitrogens with zero attached hydrogens (tertiary/aromatic N) is 1. The second-order valence-electron chi connectivity index (χ2n) is 5.52. The van der Waals surface area contributed by atoms with E-state index in [9.17, 15) is 9.59 Å². The van der Waals surface area contributed by atoms with Gasteiger partial charge in [0.15, 0.2) is 0 Å². The van der Waals surface area contributed by atoms with Crippen LogP contribution in [0.2, 0.25) is 0 Å². The number of carbonyl (C=O) groups excluding carboxylic acids is 2. The Morgan fingerprint density at radius 2 is 1.35 bits per heavy atom. The highest BCUT2D eigenvalue weighted by Crippen LogP contribution is 2.41. The van der Waals surface area contributed by atoms with Crippen LogP contribution >= 0.6 is 0 Å². The molecule has 0 radical (unpaired) electrons. The van der Waals surface area contributed by atoms with Gasteiger partial charge in [0.1, 0.15) is 0 Å². The van der Waals surface area contributed by atoms with Gasteiger partial charge in [-0.05, 0) is 11.1 Å². The van der Waals surface area contributed by atoms with Crippen molar-refractivity contribution in [3.63, 3.8) is 0 Å². The van der Waals surface area contributed by atoms with Crippen LogP contribution in [0.15, 0.2) is 71.8 Å². The lowest BCUT2D eigenvalue weighted by Crippen LogP contribution is -2.24. The Bertz CT molecular complexity index is 886. The van der Waals surface area contributed by atoms with E-state index in [1.807, 2.05) is 60.7 Å². The molecule has 0 spiro atoms. The molecule has 4 rings (SSSR count). The minimum Gasteiger partial charge on any atom is -0.360 e. The molecular formula is C18H13BN2O2. The Balaban J connectivity index is 1.97. The van der Waals surface area contributed by atoms with Crippen molar-refractivity contribution in [3.05, 3.63) is 82.9 Å². The molecule has 110 valence electrons. The highest BCUT2D eigenvalue weighted by atomic mass is 16.2. The number of rotatable bonds is 2. The summed E-state index contributed by atoms with van der Waals surface area (Å²) in [4.78, 5) is 26.8. The molecule has 2 aliphatic heterocycles. The van der Waals surface area contributed by atoms with Gasteiger partial charge in [-0.1, -0.05) is 60.7 Å². The molecule has 2 aromatic rings. The first-order valence-corrected chi connectivity index (χ1v) is 7.37. The van der Waals surface area contributed by atoms with Crippen LogP contribution in [-0.2, 0) is 9.59 Å². The minimum absolute atomic E-state index is 0.156. The van der Waals surface area contributed by atoms with E-state index in [0.29, 0.717) is 22.5 Å². The Morgan fingerprint density at radius 3 is 1.96 bits per heavy atom. The van der Waals surface area contributed by atoms with E-state index in [0.717, 1.165) is 11.1 Å². The maximum Gasteiger partial charge on any atom is 0.258 e. The van der Waals surface area contributed by atoms with Crippen LogP contribution in [0, 0.1) is 0 Å². The third-order valence-corrected chi connectivity index (χ3v) is 4.17. The van der Waals surface area contributed by atoms with Crippen molar-refractivity contribution < 1.29 is 9.59 Å². The van der Waals surface area contributed by atoms with Gasteiger partial charge in [0.25, 0.3) is 5.91 Å². The van der Waals surface area contributed by atoms with Crippen LogP contribution < -0.4 is 5.32 Å². The molecule has 0 aromatic heterocycles. The maximum atomic E-state index is 12.7. The molecule has 4 nitrogen and oxygen atoms in total. The zero-order chi connectivity index (χ0) is 16.0. The van der Waals surface area contributed by atoms with Crippen molar-refractivity contribution in [2.24, 2.45) is 0 Å². The number of amides is 2. The predicted molar refractivity (Wildman–Crippen MR) is 90.3 cm³/mol. The highest BCUT2D eigenvalue weighted by molar-refractivity contribution is 6.37. The number of hydrogen-bond donors (Lipinski definition) is 1. The second kappa shape index (κ2) is 4.99. The first-order valence-electron chi connectivity index (χ1n) is 7.37. The lowest BCUT2D eigenvalue weighted by atomic mass is 10.0. The highest BCUT2D eigenvalue weighted by Gasteiger charge is 2.43. The van der Waals surface area contributed by atoms with Gasteiger partial charge in [0.2, 0.25) is 13.9 Å². The lowest BCUT2D eigenvalue weighted by Gasteiger charge is -2.16. The predicted octanol–water partition coefficient (Wildman–Crippen LogP) is 1.33. The van der Waals surface area contributed by atoms with Gasteiger partial charge in [-0.15, -0.1) is 0 Å². The van der Waals surface area contributed by atoms with Crippen molar-refractivity contribution in [1.82, 2.24) is 10.1 Å². The van der Waals surface area contributed by atoms with Crippen molar-refractivity contribution in [2.45, 2.75) is 0 Å². The molecule has 0 saturated heterocycles. The molecule has 2 heterocycles. The number of nitrogens with one attached hydrogen (secondary N) is 1. The third-order valence-electron chi connectivity index (χ3n) is 4.17. The van der Waals surface area contributed by atoms with Crippen LogP contribution in [0.5, 0.6) is 0 Å². The van der Waals surface area contributed by atoms with Gasteiger partial charge in [-0.2, -0.15) is 0 Å². The molecule has 2 amide bonds. The quantitative estimate of drug-likeness (QED) is 0.851. The summed E-state index contributed by atoms with van der Waals surface area (Å²) in [5.41, 5.74) is 3.87. The summed E-state index contributed by atoms with van der Waals surface area (Å²) in [6.45, 7) is 0. The first-order chi connectivity index (χ1) is 11.2. The monoisotopic (exact) mass is 300 g/mol. The topological polar surface area (TPSA) is 49.4 Å². The molecule has 0 bridgehead atoms. The number of hydrogen-bond acceptors (Lipinski definition) is 2. The summed E-state index contributed by atoms with van der Waals surface area (Å²) in [7, 11) is 1.71. The van der Waals surface area contributed by atoms with Crippen molar-refractivity contribution in [3.8, 4) is 0 Å². The Labute approximate surface area is 134 Å².